The molecule has 4 unspecified atom stereocenters. The van der Waals surface area contributed by atoms with E-state index in [4.69, 9.17) is 11.6 Å². The van der Waals surface area contributed by atoms with Crippen LogP contribution < -0.4 is 16.3 Å². The highest BCUT2D eigenvalue weighted by Crippen LogP contribution is 2.61. The first kappa shape index (κ1) is 25.4. The van der Waals surface area contributed by atoms with Crippen molar-refractivity contribution in [3.05, 3.63) is 90.5 Å². The number of fused-ring (bicyclic) bond motifs is 4. The first-order valence-corrected chi connectivity index (χ1v) is 13.0. The van der Waals surface area contributed by atoms with Crippen LogP contribution in [0.4, 0.5) is 10.1 Å². The lowest BCUT2D eigenvalue weighted by Gasteiger charge is -2.47. The van der Waals surface area contributed by atoms with Gasteiger partial charge >= 0.3 is 11.4 Å². The highest BCUT2D eigenvalue weighted by molar-refractivity contribution is 6.31. The summed E-state index contributed by atoms with van der Waals surface area (Å²) in [5.41, 5.74) is 0.610. The Hall–Kier alpha value is -3.92. The third kappa shape index (κ3) is 3.24. The van der Waals surface area contributed by atoms with E-state index in [1.54, 1.807) is 32.9 Å². The van der Waals surface area contributed by atoms with Crippen LogP contribution in [0.5, 0.6) is 5.75 Å². The van der Waals surface area contributed by atoms with Crippen LogP contribution in [-0.4, -0.2) is 30.9 Å². The SMILES string of the molecule is Cc1cc(C2C3=CCn4c(=O)n(C)c(=O)n4C3CC3C(=O)N(c4ccc(F)c(Cl)c4)C(=O)C32C)cc(C)c1O. The van der Waals surface area contributed by atoms with E-state index in [-0.39, 0.29) is 29.4 Å². The van der Waals surface area contributed by atoms with Gasteiger partial charge in [-0.1, -0.05) is 29.8 Å². The van der Waals surface area contributed by atoms with Crippen molar-refractivity contribution >= 4 is 29.1 Å². The summed E-state index contributed by atoms with van der Waals surface area (Å²) < 4.78 is 17.7. The zero-order valence-electron chi connectivity index (χ0n) is 21.7. The molecule has 6 rings (SSSR count). The molecule has 1 saturated carbocycles. The van der Waals surface area contributed by atoms with Crippen molar-refractivity contribution in [2.24, 2.45) is 18.4 Å². The summed E-state index contributed by atoms with van der Waals surface area (Å²) in [5.74, 6) is -2.98. The number of halogens is 2. The Labute approximate surface area is 227 Å². The van der Waals surface area contributed by atoms with Gasteiger partial charge in [0.15, 0.2) is 0 Å². The molecule has 39 heavy (non-hydrogen) atoms. The van der Waals surface area contributed by atoms with Gasteiger partial charge in [-0.25, -0.2) is 32.8 Å². The number of benzene rings is 2. The quantitative estimate of drug-likeness (QED) is 0.388. The van der Waals surface area contributed by atoms with Crippen molar-refractivity contribution in [3.63, 3.8) is 0 Å². The number of anilines is 1. The predicted octanol–water partition coefficient (Wildman–Crippen LogP) is 3.33. The van der Waals surface area contributed by atoms with E-state index in [0.717, 1.165) is 21.1 Å². The largest absolute Gasteiger partial charge is 0.507 e. The average molecular weight is 553 g/mol. The van der Waals surface area contributed by atoms with Crippen molar-refractivity contribution in [3.8, 4) is 5.75 Å². The smallest absolute Gasteiger partial charge is 0.347 e. The summed E-state index contributed by atoms with van der Waals surface area (Å²) >= 11 is 6.01. The van der Waals surface area contributed by atoms with E-state index in [1.165, 1.54) is 28.5 Å². The van der Waals surface area contributed by atoms with Crippen molar-refractivity contribution in [1.82, 2.24) is 13.9 Å². The van der Waals surface area contributed by atoms with E-state index < -0.39 is 52.3 Å². The van der Waals surface area contributed by atoms with Crippen molar-refractivity contribution in [2.75, 3.05) is 4.90 Å². The monoisotopic (exact) mass is 552 g/mol. The molecule has 1 aromatic heterocycles. The van der Waals surface area contributed by atoms with Gasteiger partial charge in [0.2, 0.25) is 11.8 Å². The number of rotatable bonds is 2. The zero-order valence-corrected chi connectivity index (χ0v) is 22.5. The van der Waals surface area contributed by atoms with Crippen LogP contribution in [0.2, 0.25) is 5.02 Å². The predicted molar refractivity (Wildman–Crippen MR) is 141 cm³/mol. The lowest BCUT2D eigenvalue weighted by Crippen LogP contribution is -2.49. The van der Waals surface area contributed by atoms with Gasteiger partial charge in [0, 0.05) is 13.0 Å². The Kier molecular flexibility index (Phi) is 5.39. The summed E-state index contributed by atoms with van der Waals surface area (Å²) in [6, 6.07) is 6.64. The Morgan fingerprint density at radius 1 is 1.05 bits per heavy atom. The molecule has 3 aromatic rings. The number of nitrogens with zero attached hydrogens (tertiary/aromatic N) is 4. The topological polar surface area (TPSA) is 107 Å². The summed E-state index contributed by atoms with van der Waals surface area (Å²) in [4.78, 5) is 55.3. The molecule has 9 nitrogen and oxygen atoms in total. The minimum atomic E-state index is -1.27. The fourth-order valence-corrected chi connectivity index (χ4v) is 6.97. The van der Waals surface area contributed by atoms with Crippen LogP contribution in [-0.2, 0) is 23.2 Å². The number of hydrogen-bond donors (Lipinski definition) is 1. The van der Waals surface area contributed by atoms with Crippen LogP contribution in [0.3, 0.4) is 0 Å². The summed E-state index contributed by atoms with van der Waals surface area (Å²) in [6.07, 6.45) is 1.98. The Bertz CT molecular complexity index is 1740. The number of carbonyl (C=O) groups is 2. The molecule has 1 aliphatic carbocycles. The maximum Gasteiger partial charge on any atom is 0.347 e. The molecule has 3 heterocycles. The molecule has 0 radical (unpaired) electrons. The number of aromatic nitrogens is 3. The van der Waals surface area contributed by atoms with Gasteiger partial charge in [-0.2, -0.15) is 0 Å². The summed E-state index contributed by atoms with van der Waals surface area (Å²) in [6.45, 7) is 5.40. The number of imide groups is 1. The molecule has 2 fully saturated rings. The first-order chi connectivity index (χ1) is 18.4. The first-order valence-electron chi connectivity index (χ1n) is 12.6. The Balaban J connectivity index is 1.60. The number of hydrogen-bond acceptors (Lipinski definition) is 5. The standard InChI is InChI=1S/C28H26ClFN4O5/c1-13-9-15(10-14(2)23(13)35)22-17-7-8-32-26(38)31(4)27(39)34(32)21(17)12-18-24(36)33(25(37)28(18,22)3)16-5-6-20(30)19(29)11-16/h5-7,9-11,18,21-22,35H,8,12H2,1-4H3. The summed E-state index contributed by atoms with van der Waals surface area (Å²) in [7, 11) is 1.41. The van der Waals surface area contributed by atoms with E-state index in [9.17, 15) is 28.7 Å². The van der Waals surface area contributed by atoms with E-state index in [1.807, 2.05) is 6.08 Å². The Morgan fingerprint density at radius 2 is 1.72 bits per heavy atom. The van der Waals surface area contributed by atoms with E-state index in [0.29, 0.717) is 16.7 Å². The third-order valence-electron chi connectivity index (χ3n) is 8.74. The molecule has 2 amide bonds. The number of phenolic OH excluding ortho intramolecular Hbond substituents is 1. The highest BCUT2D eigenvalue weighted by Gasteiger charge is 2.65. The van der Waals surface area contributed by atoms with Gasteiger partial charge in [-0.05, 0) is 67.7 Å². The van der Waals surface area contributed by atoms with Crippen molar-refractivity contribution in [1.29, 1.82) is 0 Å². The molecule has 2 aliphatic heterocycles. The highest BCUT2D eigenvalue weighted by atomic mass is 35.5. The average Bonchev–Trinajstić information content (AvgIpc) is 3.23. The molecule has 2 aromatic carbocycles. The van der Waals surface area contributed by atoms with Gasteiger partial charge in [-0.3, -0.25) is 9.59 Å². The molecule has 3 aliphatic rings. The second-order valence-corrected chi connectivity index (χ2v) is 11.3. The zero-order chi connectivity index (χ0) is 28.1. The van der Waals surface area contributed by atoms with Crippen LogP contribution >= 0.6 is 11.6 Å². The molecule has 4 atom stereocenters. The third-order valence-corrected chi connectivity index (χ3v) is 9.03. The van der Waals surface area contributed by atoms with Crippen LogP contribution in [0.25, 0.3) is 0 Å². The fourth-order valence-electron chi connectivity index (χ4n) is 6.79. The summed E-state index contributed by atoms with van der Waals surface area (Å²) in [5, 5.41) is 10.3. The van der Waals surface area contributed by atoms with Gasteiger partial charge in [0.1, 0.15) is 11.6 Å². The lowest BCUT2D eigenvalue weighted by molar-refractivity contribution is -0.129. The maximum absolute atomic E-state index is 14.3. The van der Waals surface area contributed by atoms with Crippen molar-refractivity contribution in [2.45, 2.75) is 45.7 Å². The second kappa shape index (κ2) is 8.29. The number of aromatic hydroxyl groups is 1. The number of allylic oxidation sites excluding steroid dienone is 2. The van der Waals surface area contributed by atoms with Crippen LogP contribution in [0.15, 0.2) is 51.6 Å². The minimum absolute atomic E-state index is 0.119. The molecule has 1 saturated heterocycles. The van der Waals surface area contributed by atoms with Gasteiger partial charge in [-0.15, -0.1) is 0 Å². The minimum Gasteiger partial charge on any atom is -0.507 e. The van der Waals surface area contributed by atoms with Gasteiger partial charge in [0.05, 0.1) is 34.6 Å². The van der Waals surface area contributed by atoms with E-state index >= 15 is 0 Å². The van der Waals surface area contributed by atoms with Crippen LogP contribution in [0.1, 0.15) is 42.0 Å². The van der Waals surface area contributed by atoms with Gasteiger partial charge < -0.3 is 5.11 Å². The van der Waals surface area contributed by atoms with Crippen LogP contribution in [0, 0.1) is 31.0 Å². The maximum atomic E-state index is 14.3. The second-order valence-electron chi connectivity index (χ2n) is 10.9. The number of amides is 2. The molecular formula is C28H26ClFN4O5. The normalized spacial score (nSPS) is 25.8. The molecular weight excluding hydrogens is 527 g/mol. The molecule has 0 bridgehead atoms. The van der Waals surface area contributed by atoms with E-state index in [2.05, 4.69) is 0 Å². The van der Waals surface area contributed by atoms with Gasteiger partial charge in [0.25, 0.3) is 0 Å². The number of carbonyl (C=O) groups excluding carboxylic acids is 2. The molecule has 202 valence electrons. The molecule has 11 heteroatoms. The molecule has 0 spiro atoms. The fraction of sp³-hybridized carbons (Fsp3) is 0.357. The number of aryl methyl sites for hydroxylation is 2. The number of phenols is 1. The molecule has 1 N–H and O–H groups in total. The Morgan fingerprint density at radius 3 is 2.36 bits per heavy atom. The lowest BCUT2D eigenvalue weighted by atomic mass is 9.56. The van der Waals surface area contributed by atoms with Crippen molar-refractivity contribution < 1.29 is 19.1 Å².